The van der Waals surface area contributed by atoms with Gasteiger partial charge in [0.2, 0.25) is 0 Å². The van der Waals surface area contributed by atoms with Crippen molar-refractivity contribution in [2.45, 2.75) is 5.25 Å². The molecule has 0 spiro atoms. The summed E-state index contributed by atoms with van der Waals surface area (Å²) in [6.45, 7) is 0. The molecule has 1 N–H and O–H groups in total. The van der Waals surface area contributed by atoms with E-state index in [2.05, 4.69) is 0 Å². The van der Waals surface area contributed by atoms with Crippen LogP contribution in [0, 0.1) is 0 Å². The van der Waals surface area contributed by atoms with E-state index in [1.165, 1.54) is 11.8 Å². The number of benzene rings is 2. The molecule has 2 aromatic carbocycles. The fourth-order valence-corrected chi connectivity index (χ4v) is 2.50. The van der Waals surface area contributed by atoms with Crippen molar-refractivity contribution in [3.63, 3.8) is 0 Å². The zero-order valence-electron chi connectivity index (χ0n) is 8.88. The third-order valence-corrected chi connectivity index (χ3v) is 3.49. The molecule has 0 radical (unpaired) electrons. The molecule has 1 unspecified atom stereocenters. The Morgan fingerprint density at radius 1 is 1.19 bits per heavy atom. The van der Waals surface area contributed by atoms with Gasteiger partial charge in [-0.2, -0.15) is 0 Å². The van der Waals surface area contributed by atoms with E-state index in [4.69, 9.17) is 5.11 Å². The molecule has 0 saturated heterocycles. The predicted octanol–water partition coefficient (Wildman–Crippen LogP) is 3.33. The van der Waals surface area contributed by atoms with Gasteiger partial charge in [0, 0.05) is 0 Å². The Bertz CT molecular complexity index is 517. The molecule has 2 aromatic rings. The molecule has 0 aliphatic rings. The number of carbonyl (C=O) groups is 1. The van der Waals surface area contributed by atoms with Crippen molar-refractivity contribution < 1.29 is 9.90 Å². The molecule has 0 bridgehead atoms. The molecule has 16 heavy (non-hydrogen) atoms. The van der Waals surface area contributed by atoms with Crippen LogP contribution in [0.2, 0.25) is 0 Å². The van der Waals surface area contributed by atoms with Gasteiger partial charge in [-0.25, -0.2) is 0 Å². The van der Waals surface area contributed by atoms with Gasteiger partial charge in [0.25, 0.3) is 0 Å². The van der Waals surface area contributed by atoms with Gasteiger partial charge >= 0.3 is 5.97 Å². The average molecular weight is 232 g/mol. The maximum absolute atomic E-state index is 11.2. The Morgan fingerprint density at radius 2 is 1.88 bits per heavy atom. The van der Waals surface area contributed by atoms with Crippen LogP contribution in [-0.2, 0) is 4.79 Å². The summed E-state index contributed by atoms with van der Waals surface area (Å²) < 4.78 is 0. The zero-order valence-corrected chi connectivity index (χ0v) is 9.70. The lowest BCUT2D eigenvalue weighted by Gasteiger charge is -2.12. The van der Waals surface area contributed by atoms with Crippen molar-refractivity contribution in [3.8, 4) is 0 Å². The SMILES string of the molecule is CSC(C(=O)O)c1cccc2ccccc12. The Hall–Kier alpha value is -1.48. The van der Waals surface area contributed by atoms with Crippen LogP contribution >= 0.6 is 11.8 Å². The van der Waals surface area contributed by atoms with Gasteiger partial charge in [-0.15, -0.1) is 11.8 Å². The lowest BCUT2D eigenvalue weighted by molar-refractivity contribution is -0.136. The van der Waals surface area contributed by atoms with Crippen molar-refractivity contribution >= 4 is 28.5 Å². The molecule has 2 nitrogen and oxygen atoms in total. The summed E-state index contributed by atoms with van der Waals surface area (Å²) in [5.74, 6) is -0.788. The normalized spacial score (nSPS) is 12.6. The lowest BCUT2D eigenvalue weighted by Crippen LogP contribution is -2.07. The van der Waals surface area contributed by atoms with Gasteiger partial charge in [0.15, 0.2) is 0 Å². The number of thioether (sulfide) groups is 1. The number of hydrogen-bond donors (Lipinski definition) is 1. The van der Waals surface area contributed by atoms with E-state index in [1.54, 1.807) is 0 Å². The Kier molecular flexibility index (Phi) is 3.15. The summed E-state index contributed by atoms with van der Waals surface area (Å²) in [6.07, 6.45) is 1.82. The summed E-state index contributed by atoms with van der Waals surface area (Å²) in [5.41, 5.74) is 0.873. The van der Waals surface area contributed by atoms with Crippen LogP contribution in [0.15, 0.2) is 42.5 Å². The molecule has 0 fully saturated rings. The van der Waals surface area contributed by atoms with Crippen molar-refractivity contribution in [2.75, 3.05) is 6.26 Å². The van der Waals surface area contributed by atoms with Crippen LogP contribution in [0.3, 0.4) is 0 Å². The third kappa shape index (κ3) is 1.91. The number of rotatable bonds is 3. The molecule has 0 aliphatic heterocycles. The van der Waals surface area contributed by atoms with E-state index in [9.17, 15) is 4.79 Å². The van der Waals surface area contributed by atoms with Gasteiger partial charge in [-0.1, -0.05) is 42.5 Å². The molecule has 2 rings (SSSR count). The summed E-state index contributed by atoms with van der Waals surface area (Å²) in [4.78, 5) is 11.2. The minimum absolute atomic E-state index is 0.494. The highest BCUT2D eigenvalue weighted by Crippen LogP contribution is 2.32. The molecule has 82 valence electrons. The van der Waals surface area contributed by atoms with Gasteiger partial charge in [-0.05, 0) is 22.6 Å². The number of fused-ring (bicyclic) bond motifs is 1. The number of aliphatic carboxylic acids is 1. The Labute approximate surface area is 98.3 Å². The van der Waals surface area contributed by atoms with Gasteiger partial charge in [0.05, 0.1) is 0 Å². The summed E-state index contributed by atoms with van der Waals surface area (Å²) in [7, 11) is 0. The topological polar surface area (TPSA) is 37.3 Å². The van der Waals surface area contributed by atoms with Crippen LogP contribution in [0.25, 0.3) is 10.8 Å². The molecule has 0 aliphatic carbocycles. The van der Waals surface area contributed by atoms with Crippen molar-refractivity contribution in [2.24, 2.45) is 0 Å². The molecule has 0 aromatic heterocycles. The van der Waals surface area contributed by atoms with Crippen LogP contribution in [0.1, 0.15) is 10.8 Å². The summed E-state index contributed by atoms with van der Waals surface area (Å²) in [5, 5.41) is 10.8. The van der Waals surface area contributed by atoms with E-state index in [0.29, 0.717) is 0 Å². The molecule has 0 heterocycles. The highest BCUT2D eigenvalue weighted by molar-refractivity contribution is 7.99. The first-order valence-corrected chi connectivity index (χ1v) is 6.26. The molecule has 3 heteroatoms. The van der Waals surface area contributed by atoms with Crippen LogP contribution in [-0.4, -0.2) is 17.3 Å². The smallest absolute Gasteiger partial charge is 0.321 e. The molecule has 0 saturated carbocycles. The molecule has 0 amide bonds. The Morgan fingerprint density at radius 3 is 2.56 bits per heavy atom. The maximum atomic E-state index is 11.2. The highest BCUT2D eigenvalue weighted by Gasteiger charge is 2.19. The van der Waals surface area contributed by atoms with Gasteiger partial charge < -0.3 is 5.11 Å². The summed E-state index contributed by atoms with van der Waals surface area (Å²) >= 11 is 1.35. The molecular formula is C13H12O2S. The van der Waals surface area contributed by atoms with E-state index in [0.717, 1.165) is 16.3 Å². The minimum atomic E-state index is -0.788. The van der Waals surface area contributed by atoms with Crippen molar-refractivity contribution in [3.05, 3.63) is 48.0 Å². The fraction of sp³-hybridized carbons (Fsp3) is 0.154. The van der Waals surface area contributed by atoms with Gasteiger partial charge in [-0.3, -0.25) is 4.79 Å². The first-order chi connectivity index (χ1) is 7.74. The standard InChI is InChI=1S/C13H12O2S/c1-16-12(13(14)15)11-8-4-6-9-5-2-3-7-10(9)11/h2-8,12H,1H3,(H,14,15). The zero-order chi connectivity index (χ0) is 11.5. The fourth-order valence-electron chi connectivity index (χ4n) is 1.84. The highest BCUT2D eigenvalue weighted by atomic mass is 32.2. The monoisotopic (exact) mass is 232 g/mol. The second-order valence-electron chi connectivity index (χ2n) is 3.52. The first-order valence-electron chi connectivity index (χ1n) is 4.97. The number of carboxylic acid groups (broad SMARTS) is 1. The third-order valence-electron chi connectivity index (χ3n) is 2.57. The van der Waals surface area contributed by atoms with E-state index in [1.807, 2.05) is 48.7 Å². The van der Waals surface area contributed by atoms with Crippen molar-refractivity contribution in [1.82, 2.24) is 0 Å². The van der Waals surface area contributed by atoms with Crippen molar-refractivity contribution in [1.29, 1.82) is 0 Å². The molecule has 1 atom stereocenters. The molecular weight excluding hydrogens is 220 g/mol. The van der Waals surface area contributed by atoms with E-state index < -0.39 is 11.2 Å². The predicted molar refractivity (Wildman–Crippen MR) is 67.8 cm³/mol. The number of hydrogen-bond acceptors (Lipinski definition) is 2. The largest absolute Gasteiger partial charge is 0.480 e. The summed E-state index contributed by atoms with van der Waals surface area (Å²) in [6, 6.07) is 13.7. The van der Waals surface area contributed by atoms with Crippen LogP contribution in [0.5, 0.6) is 0 Å². The van der Waals surface area contributed by atoms with Crippen LogP contribution in [0.4, 0.5) is 0 Å². The lowest BCUT2D eigenvalue weighted by atomic mass is 10.0. The van der Waals surface area contributed by atoms with E-state index in [-0.39, 0.29) is 0 Å². The first kappa shape index (κ1) is 11.0. The Balaban J connectivity index is 2.63. The van der Waals surface area contributed by atoms with Gasteiger partial charge in [0.1, 0.15) is 5.25 Å². The second kappa shape index (κ2) is 4.58. The number of carboxylic acids is 1. The van der Waals surface area contributed by atoms with Crippen LogP contribution < -0.4 is 0 Å². The quantitative estimate of drug-likeness (QED) is 0.882. The average Bonchev–Trinajstić information content (AvgIpc) is 2.30. The van der Waals surface area contributed by atoms with E-state index >= 15 is 0 Å². The maximum Gasteiger partial charge on any atom is 0.321 e. The second-order valence-corrected chi connectivity index (χ2v) is 4.47. The minimum Gasteiger partial charge on any atom is -0.480 e.